The lowest BCUT2D eigenvalue weighted by Gasteiger charge is -2.31. The molecule has 0 radical (unpaired) electrons. The first kappa shape index (κ1) is 20.9. The van der Waals surface area contributed by atoms with Gasteiger partial charge >= 0.3 is 0 Å². The minimum atomic E-state index is -0.214. The Balaban J connectivity index is 0.00000261. The summed E-state index contributed by atoms with van der Waals surface area (Å²) in [6.07, 6.45) is 1.55. The number of halogens is 1. The summed E-state index contributed by atoms with van der Waals surface area (Å²) in [4.78, 5) is 31.1. The van der Waals surface area contributed by atoms with E-state index in [2.05, 4.69) is 10.3 Å². The first-order valence-corrected chi connectivity index (χ1v) is 8.90. The van der Waals surface area contributed by atoms with Gasteiger partial charge < -0.3 is 20.4 Å². The Bertz CT molecular complexity index is 779. The molecule has 1 aliphatic rings. The van der Waals surface area contributed by atoms with Gasteiger partial charge in [0.1, 0.15) is 0 Å². The molecule has 0 bridgehead atoms. The fourth-order valence-electron chi connectivity index (χ4n) is 3.16. The molecule has 8 heteroatoms. The lowest BCUT2D eigenvalue weighted by atomic mass is 9.97. The van der Waals surface area contributed by atoms with Crippen LogP contribution >= 0.6 is 12.4 Å². The van der Waals surface area contributed by atoms with Gasteiger partial charge in [-0.2, -0.15) is 0 Å². The van der Waals surface area contributed by atoms with Gasteiger partial charge in [-0.3, -0.25) is 9.59 Å². The Hall–Kier alpha value is -2.38. The number of nitrogens with zero attached hydrogens (tertiary/aromatic N) is 2. The summed E-state index contributed by atoms with van der Waals surface area (Å²) in [6.45, 7) is 3.61. The molecule has 1 aromatic carbocycles. The van der Waals surface area contributed by atoms with Gasteiger partial charge in [0, 0.05) is 31.7 Å². The molecule has 1 aliphatic heterocycles. The summed E-state index contributed by atoms with van der Waals surface area (Å²) in [5.41, 5.74) is 6.81. The third-order valence-corrected chi connectivity index (χ3v) is 4.53. The maximum Gasteiger partial charge on any atom is 0.291 e. The van der Waals surface area contributed by atoms with E-state index in [0.717, 1.165) is 18.4 Å². The van der Waals surface area contributed by atoms with E-state index in [1.54, 1.807) is 11.8 Å². The Kier molecular flexibility index (Phi) is 7.38. The molecule has 27 heavy (non-hydrogen) atoms. The van der Waals surface area contributed by atoms with E-state index in [1.807, 2.05) is 30.3 Å². The van der Waals surface area contributed by atoms with Crippen LogP contribution in [-0.4, -0.2) is 47.9 Å². The van der Waals surface area contributed by atoms with Crippen LogP contribution in [0.15, 0.2) is 34.7 Å². The highest BCUT2D eigenvalue weighted by atomic mass is 35.5. The Morgan fingerprint density at radius 3 is 2.78 bits per heavy atom. The fourth-order valence-corrected chi connectivity index (χ4v) is 3.16. The second kappa shape index (κ2) is 9.53. The van der Waals surface area contributed by atoms with E-state index in [1.165, 1.54) is 0 Å². The lowest BCUT2D eigenvalue weighted by Crippen LogP contribution is -2.46. The number of benzene rings is 1. The van der Waals surface area contributed by atoms with Crippen LogP contribution in [0.1, 0.15) is 29.1 Å². The number of oxazole rings is 1. The van der Waals surface area contributed by atoms with Gasteiger partial charge in [-0.05, 0) is 31.9 Å². The monoisotopic (exact) mass is 392 g/mol. The molecule has 3 N–H and O–H groups in total. The van der Waals surface area contributed by atoms with Gasteiger partial charge in [0.2, 0.25) is 17.6 Å². The molecule has 1 aromatic heterocycles. The van der Waals surface area contributed by atoms with Gasteiger partial charge in [0.25, 0.3) is 5.91 Å². The zero-order chi connectivity index (χ0) is 18.5. The van der Waals surface area contributed by atoms with Crippen molar-refractivity contribution in [2.75, 3.05) is 26.2 Å². The molecule has 2 heterocycles. The van der Waals surface area contributed by atoms with Gasteiger partial charge in [-0.1, -0.05) is 18.2 Å². The molecular weight excluding hydrogens is 368 g/mol. The highest BCUT2D eigenvalue weighted by Crippen LogP contribution is 2.24. The maximum absolute atomic E-state index is 12.9. The summed E-state index contributed by atoms with van der Waals surface area (Å²) in [5, 5.41) is 2.80. The summed E-state index contributed by atoms with van der Waals surface area (Å²) in [5.74, 6) is 0.198. The number of hydrogen-bond donors (Lipinski definition) is 2. The van der Waals surface area contributed by atoms with Crippen molar-refractivity contribution >= 4 is 24.2 Å². The predicted octanol–water partition coefficient (Wildman–Crippen LogP) is 2.00. The van der Waals surface area contributed by atoms with E-state index >= 15 is 0 Å². The molecule has 2 amide bonds. The van der Waals surface area contributed by atoms with Gasteiger partial charge in [-0.25, -0.2) is 4.98 Å². The average molecular weight is 393 g/mol. The van der Waals surface area contributed by atoms with Gasteiger partial charge in [-0.15, -0.1) is 12.4 Å². The molecule has 1 fully saturated rings. The number of nitrogens with one attached hydrogen (secondary N) is 1. The molecule has 2 aromatic rings. The molecule has 0 saturated carbocycles. The number of piperidine rings is 1. The third kappa shape index (κ3) is 4.87. The highest BCUT2D eigenvalue weighted by Gasteiger charge is 2.31. The molecule has 146 valence electrons. The van der Waals surface area contributed by atoms with Crippen molar-refractivity contribution in [1.82, 2.24) is 15.2 Å². The van der Waals surface area contributed by atoms with E-state index < -0.39 is 0 Å². The predicted molar refractivity (Wildman–Crippen MR) is 105 cm³/mol. The van der Waals surface area contributed by atoms with Crippen LogP contribution < -0.4 is 11.1 Å². The zero-order valence-electron chi connectivity index (χ0n) is 15.3. The maximum atomic E-state index is 12.9. The summed E-state index contributed by atoms with van der Waals surface area (Å²) < 4.78 is 5.76. The molecular formula is C19H25ClN4O3. The first-order valence-electron chi connectivity index (χ1n) is 8.90. The van der Waals surface area contributed by atoms with Crippen LogP contribution in [0, 0.1) is 12.8 Å². The van der Waals surface area contributed by atoms with E-state index in [-0.39, 0.29) is 35.9 Å². The van der Waals surface area contributed by atoms with Crippen molar-refractivity contribution in [2.45, 2.75) is 19.8 Å². The van der Waals surface area contributed by atoms with Gasteiger partial charge in [0.15, 0.2) is 0 Å². The van der Waals surface area contributed by atoms with Crippen molar-refractivity contribution in [1.29, 1.82) is 0 Å². The second-order valence-electron chi connectivity index (χ2n) is 6.47. The first-order chi connectivity index (χ1) is 12.6. The number of amides is 2. The number of rotatable bonds is 5. The third-order valence-electron chi connectivity index (χ3n) is 4.53. The number of hydrogen-bond acceptors (Lipinski definition) is 5. The van der Waals surface area contributed by atoms with Crippen LogP contribution in [0.3, 0.4) is 0 Å². The molecule has 0 spiro atoms. The number of aromatic nitrogens is 1. The van der Waals surface area contributed by atoms with Crippen LogP contribution in [-0.2, 0) is 4.79 Å². The largest absolute Gasteiger partial charge is 0.431 e. The van der Waals surface area contributed by atoms with Crippen molar-refractivity contribution in [3.8, 4) is 11.5 Å². The normalized spacial score (nSPS) is 16.5. The topological polar surface area (TPSA) is 101 Å². The molecule has 1 unspecified atom stereocenters. The molecule has 1 atom stereocenters. The Labute approximate surface area is 164 Å². The van der Waals surface area contributed by atoms with E-state index in [0.29, 0.717) is 37.8 Å². The van der Waals surface area contributed by atoms with Crippen molar-refractivity contribution < 1.29 is 14.0 Å². The van der Waals surface area contributed by atoms with Crippen LogP contribution in [0.5, 0.6) is 0 Å². The van der Waals surface area contributed by atoms with E-state index in [9.17, 15) is 9.59 Å². The standard InChI is InChI=1S/C19H24N4O3.ClH/c1-13-16(26-18(22-13)14-6-3-2-4-7-14)19(25)23-11-5-8-15(12-23)17(24)21-10-9-20;/h2-4,6-7,15H,5,8-12,20H2,1H3,(H,21,24);1H. The summed E-state index contributed by atoms with van der Waals surface area (Å²) in [6, 6.07) is 9.47. The highest BCUT2D eigenvalue weighted by molar-refractivity contribution is 5.93. The average Bonchev–Trinajstić information content (AvgIpc) is 3.08. The number of nitrogens with two attached hydrogens (primary N) is 1. The van der Waals surface area contributed by atoms with Crippen molar-refractivity contribution in [2.24, 2.45) is 11.7 Å². The number of likely N-dealkylation sites (tertiary alicyclic amines) is 1. The summed E-state index contributed by atoms with van der Waals surface area (Å²) in [7, 11) is 0. The van der Waals surface area contributed by atoms with Crippen LogP contribution in [0.4, 0.5) is 0 Å². The number of carbonyl (C=O) groups excluding carboxylic acids is 2. The second-order valence-corrected chi connectivity index (χ2v) is 6.47. The fraction of sp³-hybridized carbons (Fsp3) is 0.421. The quantitative estimate of drug-likeness (QED) is 0.810. The SMILES string of the molecule is Cc1nc(-c2ccccc2)oc1C(=O)N1CCCC(C(=O)NCCN)C1.Cl. The minimum absolute atomic E-state index is 0. The number of aryl methyl sites for hydroxylation is 1. The molecule has 1 saturated heterocycles. The van der Waals surface area contributed by atoms with Crippen LogP contribution in [0.25, 0.3) is 11.5 Å². The number of carbonyl (C=O) groups is 2. The Morgan fingerprint density at radius 2 is 2.07 bits per heavy atom. The van der Waals surface area contributed by atoms with Gasteiger partial charge in [0.05, 0.1) is 11.6 Å². The molecule has 7 nitrogen and oxygen atoms in total. The van der Waals surface area contributed by atoms with E-state index in [4.69, 9.17) is 10.2 Å². The summed E-state index contributed by atoms with van der Waals surface area (Å²) >= 11 is 0. The zero-order valence-corrected chi connectivity index (χ0v) is 16.1. The lowest BCUT2D eigenvalue weighted by molar-refractivity contribution is -0.126. The van der Waals surface area contributed by atoms with Crippen molar-refractivity contribution in [3.63, 3.8) is 0 Å². The minimum Gasteiger partial charge on any atom is -0.431 e. The molecule has 3 rings (SSSR count). The molecule has 0 aliphatic carbocycles. The van der Waals surface area contributed by atoms with Crippen LogP contribution in [0.2, 0.25) is 0 Å². The smallest absolute Gasteiger partial charge is 0.291 e. The van der Waals surface area contributed by atoms with Crippen molar-refractivity contribution in [3.05, 3.63) is 41.8 Å². The Morgan fingerprint density at radius 1 is 1.33 bits per heavy atom.